The van der Waals surface area contributed by atoms with Gasteiger partial charge in [0, 0.05) is 23.1 Å². The van der Waals surface area contributed by atoms with Crippen LogP contribution in [0.25, 0.3) is 10.9 Å². The number of rotatable bonds is 5. The molecule has 0 aliphatic heterocycles. The third-order valence-corrected chi connectivity index (χ3v) is 3.46. The number of nitrogens with one attached hydrogen (secondary N) is 2. The van der Waals surface area contributed by atoms with E-state index < -0.39 is 0 Å². The molecule has 108 valence electrons. The van der Waals surface area contributed by atoms with Crippen LogP contribution >= 0.6 is 0 Å². The van der Waals surface area contributed by atoms with Crippen LogP contribution in [0.15, 0.2) is 18.2 Å². The molecule has 0 saturated heterocycles. The van der Waals surface area contributed by atoms with Crippen molar-refractivity contribution in [3.8, 4) is 0 Å². The molecule has 1 heterocycles. The summed E-state index contributed by atoms with van der Waals surface area (Å²) < 4.78 is 13.3. The van der Waals surface area contributed by atoms with Gasteiger partial charge in [0.05, 0.1) is 6.42 Å². The fourth-order valence-electron chi connectivity index (χ4n) is 2.31. The van der Waals surface area contributed by atoms with Crippen LogP contribution < -0.4 is 5.32 Å². The van der Waals surface area contributed by atoms with E-state index in [1.54, 1.807) is 6.07 Å². The first-order valence-electron chi connectivity index (χ1n) is 7.00. The van der Waals surface area contributed by atoms with E-state index in [1.807, 2.05) is 6.92 Å². The van der Waals surface area contributed by atoms with Crippen LogP contribution in [-0.2, 0) is 11.2 Å². The summed E-state index contributed by atoms with van der Waals surface area (Å²) in [5.74, 6) is 0.274. The molecule has 0 bridgehead atoms. The molecule has 1 aromatic carbocycles. The molecule has 4 heteroatoms. The van der Waals surface area contributed by atoms with Crippen molar-refractivity contribution >= 4 is 16.8 Å². The van der Waals surface area contributed by atoms with Crippen molar-refractivity contribution in [2.45, 2.75) is 33.6 Å². The zero-order valence-electron chi connectivity index (χ0n) is 12.2. The number of aryl methyl sites for hydroxylation is 1. The number of amides is 1. The quantitative estimate of drug-likeness (QED) is 0.864. The Balaban J connectivity index is 2.11. The Morgan fingerprint density at radius 3 is 2.85 bits per heavy atom. The van der Waals surface area contributed by atoms with E-state index in [4.69, 9.17) is 0 Å². The minimum atomic E-state index is -0.280. The summed E-state index contributed by atoms with van der Waals surface area (Å²) >= 11 is 0. The number of halogens is 1. The van der Waals surface area contributed by atoms with Crippen LogP contribution in [0.4, 0.5) is 4.39 Å². The van der Waals surface area contributed by atoms with Crippen LogP contribution in [0, 0.1) is 18.7 Å². The lowest BCUT2D eigenvalue weighted by molar-refractivity contribution is -0.120. The zero-order valence-corrected chi connectivity index (χ0v) is 12.2. The van der Waals surface area contributed by atoms with Crippen LogP contribution in [0.2, 0.25) is 0 Å². The Kier molecular flexibility index (Phi) is 4.42. The topological polar surface area (TPSA) is 44.9 Å². The van der Waals surface area contributed by atoms with E-state index in [0.717, 1.165) is 28.6 Å². The zero-order chi connectivity index (χ0) is 14.7. The predicted octanol–water partition coefficient (Wildman–Crippen LogP) is 3.32. The largest absolute Gasteiger partial charge is 0.358 e. The summed E-state index contributed by atoms with van der Waals surface area (Å²) in [5.41, 5.74) is 2.67. The number of carbonyl (C=O) groups excluding carboxylic acids is 1. The molecular weight excluding hydrogens is 255 g/mol. The maximum Gasteiger partial charge on any atom is 0.224 e. The van der Waals surface area contributed by atoms with Crippen LogP contribution in [-0.4, -0.2) is 17.4 Å². The third kappa shape index (κ3) is 3.38. The summed E-state index contributed by atoms with van der Waals surface area (Å²) in [5, 5.41) is 3.71. The standard InChI is InChI=1S/C16H21FN2O/c1-10(2)6-7-18-16(20)9-13-11(3)19-15-5-4-12(17)8-14(13)15/h4-5,8,10,19H,6-7,9H2,1-3H3,(H,18,20). The molecule has 0 aliphatic carbocycles. The summed E-state index contributed by atoms with van der Waals surface area (Å²) in [6, 6.07) is 4.61. The smallest absolute Gasteiger partial charge is 0.224 e. The molecule has 0 fully saturated rings. The van der Waals surface area contributed by atoms with E-state index >= 15 is 0 Å². The number of aromatic nitrogens is 1. The van der Waals surface area contributed by atoms with Crippen molar-refractivity contribution in [2.75, 3.05) is 6.54 Å². The summed E-state index contributed by atoms with van der Waals surface area (Å²) in [6.07, 6.45) is 1.25. The van der Waals surface area contributed by atoms with Gasteiger partial charge in [-0.25, -0.2) is 4.39 Å². The molecule has 0 spiro atoms. The van der Waals surface area contributed by atoms with Gasteiger partial charge >= 0.3 is 0 Å². The van der Waals surface area contributed by atoms with E-state index in [2.05, 4.69) is 24.1 Å². The number of H-pyrrole nitrogens is 1. The average molecular weight is 276 g/mol. The van der Waals surface area contributed by atoms with E-state index in [1.165, 1.54) is 12.1 Å². The van der Waals surface area contributed by atoms with Crippen LogP contribution in [0.1, 0.15) is 31.5 Å². The highest BCUT2D eigenvalue weighted by Crippen LogP contribution is 2.23. The normalized spacial score (nSPS) is 11.2. The van der Waals surface area contributed by atoms with Gasteiger partial charge in [-0.15, -0.1) is 0 Å². The molecule has 0 radical (unpaired) electrons. The SMILES string of the molecule is Cc1[nH]c2ccc(F)cc2c1CC(=O)NCCC(C)C. The van der Waals surface area contributed by atoms with Crippen LogP contribution in [0.3, 0.4) is 0 Å². The Labute approximate surface area is 118 Å². The van der Waals surface area contributed by atoms with Crippen molar-refractivity contribution < 1.29 is 9.18 Å². The van der Waals surface area contributed by atoms with Gasteiger partial charge in [-0.1, -0.05) is 13.8 Å². The lowest BCUT2D eigenvalue weighted by Gasteiger charge is -2.07. The summed E-state index contributed by atoms with van der Waals surface area (Å²) in [4.78, 5) is 15.1. The molecule has 0 saturated carbocycles. The molecule has 2 aromatic rings. The third-order valence-electron chi connectivity index (χ3n) is 3.46. The van der Waals surface area contributed by atoms with E-state index in [0.29, 0.717) is 12.5 Å². The summed E-state index contributed by atoms with van der Waals surface area (Å²) in [7, 11) is 0. The average Bonchev–Trinajstić information content (AvgIpc) is 2.65. The molecule has 1 amide bonds. The van der Waals surface area contributed by atoms with Crippen molar-refractivity contribution in [3.05, 3.63) is 35.3 Å². The second kappa shape index (κ2) is 6.07. The molecule has 3 nitrogen and oxygen atoms in total. The number of fused-ring (bicyclic) bond motifs is 1. The summed E-state index contributed by atoms with van der Waals surface area (Å²) in [6.45, 7) is 6.85. The Hall–Kier alpha value is -1.84. The number of aromatic amines is 1. The van der Waals surface area contributed by atoms with Gasteiger partial charge in [0.15, 0.2) is 0 Å². The molecular formula is C16H21FN2O. The first-order chi connectivity index (χ1) is 9.47. The van der Waals surface area contributed by atoms with Gasteiger partial charge in [-0.2, -0.15) is 0 Å². The minimum absolute atomic E-state index is 0.0149. The first kappa shape index (κ1) is 14.6. The van der Waals surface area contributed by atoms with Gasteiger partial charge in [0.2, 0.25) is 5.91 Å². The molecule has 0 aliphatic rings. The second-order valence-electron chi connectivity index (χ2n) is 5.63. The molecule has 2 rings (SSSR count). The Morgan fingerprint density at radius 2 is 2.15 bits per heavy atom. The number of hydrogen-bond donors (Lipinski definition) is 2. The minimum Gasteiger partial charge on any atom is -0.358 e. The van der Waals surface area contributed by atoms with E-state index in [-0.39, 0.29) is 18.1 Å². The van der Waals surface area contributed by atoms with Gasteiger partial charge in [-0.3, -0.25) is 4.79 Å². The number of carbonyl (C=O) groups is 1. The van der Waals surface area contributed by atoms with Crippen molar-refractivity contribution in [3.63, 3.8) is 0 Å². The fraction of sp³-hybridized carbons (Fsp3) is 0.438. The van der Waals surface area contributed by atoms with Crippen molar-refractivity contribution in [1.29, 1.82) is 0 Å². The van der Waals surface area contributed by atoms with Gasteiger partial charge in [0.25, 0.3) is 0 Å². The maximum atomic E-state index is 13.3. The molecule has 1 aromatic heterocycles. The van der Waals surface area contributed by atoms with Crippen molar-refractivity contribution in [2.24, 2.45) is 5.92 Å². The second-order valence-corrected chi connectivity index (χ2v) is 5.63. The van der Waals surface area contributed by atoms with Crippen molar-refractivity contribution in [1.82, 2.24) is 10.3 Å². The van der Waals surface area contributed by atoms with Gasteiger partial charge in [-0.05, 0) is 43.0 Å². The van der Waals surface area contributed by atoms with Gasteiger partial charge < -0.3 is 10.3 Å². The van der Waals surface area contributed by atoms with E-state index in [9.17, 15) is 9.18 Å². The highest BCUT2D eigenvalue weighted by Gasteiger charge is 2.13. The molecule has 0 atom stereocenters. The highest BCUT2D eigenvalue weighted by molar-refractivity contribution is 5.90. The lowest BCUT2D eigenvalue weighted by atomic mass is 10.1. The Morgan fingerprint density at radius 1 is 1.40 bits per heavy atom. The number of hydrogen-bond acceptors (Lipinski definition) is 1. The monoisotopic (exact) mass is 276 g/mol. The molecule has 0 unspecified atom stereocenters. The van der Waals surface area contributed by atoms with Crippen LogP contribution in [0.5, 0.6) is 0 Å². The first-order valence-corrected chi connectivity index (χ1v) is 7.00. The fourth-order valence-corrected chi connectivity index (χ4v) is 2.31. The lowest BCUT2D eigenvalue weighted by Crippen LogP contribution is -2.27. The molecule has 20 heavy (non-hydrogen) atoms. The molecule has 2 N–H and O–H groups in total. The number of benzene rings is 1. The highest BCUT2D eigenvalue weighted by atomic mass is 19.1. The predicted molar refractivity (Wildman–Crippen MR) is 79.2 cm³/mol. The maximum absolute atomic E-state index is 13.3. The Bertz CT molecular complexity index is 616. The van der Waals surface area contributed by atoms with Gasteiger partial charge in [0.1, 0.15) is 5.82 Å².